The van der Waals surface area contributed by atoms with Gasteiger partial charge in [-0.15, -0.1) is 0 Å². The standard InChI is InChI=1S/C13H18N2O3/c1-9(16)14-7-11(15(2)3)10-4-5-12-13(6-10)18-8-17-12/h4-6,11H,7-8H2,1-3H3,(H,14,16)/t11-/m0/s1. The number of hydrogen-bond acceptors (Lipinski definition) is 4. The van der Waals surface area contributed by atoms with Crippen LogP contribution in [0, 0.1) is 0 Å². The molecule has 1 aromatic carbocycles. The largest absolute Gasteiger partial charge is 0.454 e. The molecule has 1 aliphatic heterocycles. The zero-order valence-corrected chi connectivity index (χ0v) is 10.9. The molecule has 0 fully saturated rings. The smallest absolute Gasteiger partial charge is 0.231 e. The number of carbonyl (C=O) groups excluding carboxylic acids is 1. The predicted octanol–water partition coefficient (Wildman–Crippen LogP) is 1.15. The Balaban J connectivity index is 2.17. The zero-order chi connectivity index (χ0) is 13.1. The molecule has 0 radical (unpaired) electrons. The van der Waals surface area contributed by atoms with Crippen LogP contribution in [-0.4, -0.2) is 38.2 Å². The number of rotatable bonds is 4. The first-order chi connectivity index (χ1) is 8.58. The summed E-state index contributed by atoms with van der Waals surface area (Å²) in [6.45, 7) is 2.37. The van der Waals surface area contributed by atoms with Crippen LogP contribution in [0.2, 0.25) is 0 Å². The van der Waals surface area contributed by atoms with Crippen LogP contribution < -0.4 is 14.8 Å². The van der Waals surface area contributed by atoms with Crippen molar-refractivity contribution in [2.75, 3.05) is 27.4 Å². The summed E-state index contributed by atoms with van der Waals surface area (Å²) < 4.78 is 10.7. The molecule has 5 nitrogen and oxygen atoms in total. The lowest BCUT2D eigenvalue weighted by molar-refractivity contribution is -0.119. The highest BCUT2D eigenvalue weighted by Gasteiger charge is 2.19. The van der Waals surface area contributed by atoms with Crippen molar-refractivity contribution in [3.63, 3.8) is 0 Å². The lowest BCUT2D eigenvalue weighted by Crippen LogP contribution is -2.33. The summed E-state index contributed by atoms with van der Waals surface area (Å²) in [5.41, 5.74) is 1.10. The summed E-state index contributed by atoms with van der Waals surface area (Å²) in [5, 5.41) is 2.84. The van der Waals surface area contributed by atoms with E-state index in [1.165, 1.54) is 6.92 Å². The second kappa shape index (κ2) is 5.27. The summed E-state index contributed by atoms with van der Waals surface area (Å²) in [6.07, 6.45) is 0. The number of likely N-dealkylation sites (N-methyl/N-ethyl adjacent to an activating group) is 1. The molecule has 1 amide bonds. The number of ether oxygens (including phenoxy) is 2. The molecule has 0 bridgehead atoms. The molecule has 0 saturated heterocycles. The lowest BCUT2D eigenvalue weighted by atomic mass is 10.1. The molecule has 18 heavy (non-hydrogen) atoms. The molecule has 2 rings (SSSR count). The van der Waals surface area contributed by atoms with Crippen molar-refractivity contribution in [1.29, 1.82) is 0 Å². The maximum absolute atomic E-state index is 11.0. The fourth-order valence-electron chi connectivity index (χ4n) is 1.96. The van der Waals surface area contributed by atoms with Crippen LogP contribution in [0.3, 0.4) is 0 Å². The van der Waals surface area contributed by atoms with E-state index in [9.17, 15) is 4.79 Å². The van der Waals surface area contributed by atoms with Gasteiger partial charge in [0.15, 0.2) is 11.5 Å². The minimum absolute atomic E-state index is 0.0254. The van der Waals surface area contributed by atoms with E-state index in [2.05, 4.69) is 10.2 Å². The summed E-state index contributed by atoms with van der Waals surface area (Å²) in [5.74, 6) is 1.51. The van der Waals surface area contributed by atoms with Crippen LogP contribution in [0.5, 0.6) is 11.5 Å². The average Bonchev–Trinajstić information content (AvgIpc) is 2.75. The van der Waals surface area contributed by atoms with Crippen molar-refractivity contribution >= 4 is 5.91 Å². The van der Waals surface area contributed by atoms with E-state index in [0.29, 0.717) is 6.54 Å². The highest BCUT2D eigenvalue weighted by molar-refractivity contribution is 5.72. The number of carbonyl (C=O) groups is 1. The van der Waals surface area contributed by atoms with E-state index in [4.69, 9.17) is 9.47 Å². The number of fused-ring (bicyclic) bond motifs is 1. The van der Waals surface area contributed by atoms with Crippen LogP contribution in [-0.2, 0) is 4.79 Å². The predicted molar refractivity (Wildman–Crippen MR) is 67.7 cm³/mol. The zero-order valence-electron chi connectivity index (χ0n) is 10.9. The first-order valence-corrected chi connectivity index (χ1v) is 5.88. The Morgan fingerprint density at radius 2 is 2.11 bits per heavy atom. The Labute approximate surface area is 107 Å². The molecule has 0 aliphatic carbocycles. The fraction of sp³-hybridized carbons (Fsp3) is 0.462. The van der Waals surface area contributed by atoms with E-state index in [0.717, 1.165) is 17.1 Å². The van der Waals surface area contributed by atoms with Gasteiger partial charge in [-0.05, 0) is 31.8 Å². The van der Waals surface area contributed by atoms with E-state index < -0.39 is 0 Å². The number of hydrogen-bond donors (Lipinski definition) is 1. The molecule has 0 saturated carbocycles. The van der Waals surface area contributed by atoms with Gasteiger partial charge in [-0.1, -0.05) is 6.07 Å². The molecule has 1 aliphatic rings. The second-order valence-electron chi connectivity index (χ2n) is 4.53. The van der Waals surface area contributed by atoms with Crippen LogP contribution >= 0.6 is 0 Å². The van der Waals surface area contributed by atoms with Gasteiger partial charge in [-0.2, -0.15) is 0 Å². The molecule has 5 heteroatoms. The van der Waals surface area contributed by atoms with Crippen LogP contribution in [0.25, 0.3) is 0 Å². The number of nitrogens with zero attached hydrogens (tertiary/aromatic N) is 1. The molecule has 1 aromatic rings. The van der Waals surface area contributed by atoms with Gasteiger partial charge < -0.3 is 19.7 Å². The normalized spacial score (nSPS) is 14.7. The molecular weight excluding hydrogens is 232 g/mol. The molecule has 1 atom stereocenters. The van der Waals surface area contributed by atoms with Crippen molar-refractivity contribution in [2.45, 2.75) is 13.0 Å². The van der Waals surface area contributed by atoms with Gasteiger partial charge in [0.2, 0.25) is 12.7 Å². The maximum Gasteiger partial charge on any atom is 0.231 e. The van der Waals surface area contributed by atoms with Gasteiger partial charge >= 0.3 is 0 Å². The van der Waals surface area contributed by atoms with Gasteiger partial charge in [0.25, 0.3) is 0 Å². The van der Waals surface area contributed by atoms with Gasteiger partial charge in [0.05, 0.1) is 6.04 Å². The Morgan fingerprint density at radius 3 is 2.78 bits per heavy atom. The quantitative estimate of drug-likeness (QED) is 0.871. The van der Waals surface area contributed by atoms with Crippen molar-refractivity contribution in [1.82, 2.24) is 10.2 Å². The topological polar surface area (TPSA) is 50.8 Å². The summed E-state index contributed by atoms with van der Waals surface area (Å²) in [6, 6.07) is 5.99. The summed E-state index contributed by atoms with van der Waals surface area (Å²) in [7, 11) is 3.97. The Kier molecular flexibility index (Phi) is 3.72. The second-order valence-corrected chi connectivity index (χ2v) is 4.53. The Bertz CT molecular complexity index is 446. The number of benzene rings is 1. The SMILES string of the molecule is CC(=O)NC[C@@H](c1ccc2c(c1)OCO2)N(C)C. The van der Waals surface area contributed by atoms with Gasteiger partial charge in [-0.25, -0.2) is 0 Å². The molecule has 1 heterocycles. The summed E-state index contributed by atoms with van der Waals surface area (Å²) in [4.78, 5) is 13.1. The Hall–Kier alpha value is -1.75. The molecule has 0 aromatic heterocycles. The van der Waals surface area contributed by atoms with Crippen molar-refractivity contribution in [2.24, 2.45) is 0 Å². The van der Waals surface area contributed by atoms with Crippen LogP contribution in [0.15, 0.2) is 18.2 Å². The van der Waals surface area contributed by atoms with Gasteiger partial charge in [0, 0.05) is 13.5 Å². The maximum atomic E-state index is 11.0. The first kappa shape index (κ1) is 12.7. The minimum Gasteiger partial charge on any atom is -0.454 e. The van der Waals surface area contributed by atoms with Crippen molar-refractivity contribution in [3.05, 3.63) is 23.8 Å². The summed E-state index contributed by atoms with van der Waals surface area (Å²) >= 11 is 0. The first-order valence-electron chi connectivity index (χ1n) is 5.88. The highest BCUT2D eigenvalue weighted by atomic mass is 16.7. The number of nitrogens with one attached hydrogen (secondary N) is 1. The van der Waals surface area contributed by atoms with E-state index >= 15 is 0 Å². The third-order valence-corrected chi connectivity index (χ3v) is 2.95. The molecule has 0 spiro atoms. The van der Waals surface area contributed by atoms with Crippen molar-refractivity contribution < 1.29 is 14.3 Å². The molecular formula is C13H18N2O3. The third-order valence-electron chi connectivity index (χ3n) is 2.95. The molecule has 0 unspecified atom stereocenters. The minimum atomic E-state index is -0.0254. The molecule has 1 N–H and O–H groups in total. The molecule has 98 valence electrons. The highest BCUT2D eigenvalue weighted by Crippen LogP contribution is 2.34. The lowest BCUT2D eigenvalue weighted by Gasteiger charge is -2.25. The van der Waals surface area contributed by atoms with E-state index in [1.54, 1.807) is 0 Å². The van der Waals surface area contributed by atoms with Crippen LogP contribution in [0.4, 0.5) is 0 Å². The Morgan fingerprint density at radius 1 is 1.39 bits per heavy atom. The van der Waals surface area contributed by atoms with Gasteiger partial charge in [0.1, 0.15) is 0 Å². The number of amides is 1. The average molecular weight is 250 g/mol. The monoisotopic (exact) mass is 250 g/mol. The third kappa shape index (κ3) is 2.73. The van der Waals surface area contributed by atoms with Crippen molar-refractivity contribution in [3.8, 4) is 11.5 Å². The van der Waals surface area contributed by atoms with E-state index in [1.807, 2.05) is 32.3 Å². The van der Waals surface area contributed by atoms with Crippen LogP contribution in [0.1, 0.15) is 18.5 Å². The van der Waals surface area contributed by atoms with E-state index in [-0.39, 0.29) is 18.7 Å². The van der Waals surface area contributed by atoms with Gasteiger partial charge in [-0.3, -0.25) is 4.79 Å². The fourth-order valence-corrected chi connectivity index (χ4v) is 1.96.